The Kier molecular flexibility index (Phi) is 2.29. The zero-order valence-electron chi connectivity index (χ0n) is 9.41. The van der Waals surface area contributed by atoms with Crippen LogP contribution in [0.2, 0.25) is 0 Å². The van der Waals surface area contributed by atoms with Crippen molar-refractivity contribution in [1.82, 2.24) is 4.90 Å². The standard InChI is InChI=1S/C12H10N2O4/c15-11-6-12-13(11)7-10(18-12)5-8-1-3-9(4-2-8)14(16)17/h1-5,12H,6-7H2/b10-5+. The topological polar surface area (TPSA) is 72.7 Å². The molecule has 0 aromatic heterocycles. The highest BCUT2D eigenvalue weighted by molar-refractivity contribution is 5.83. The summed E-state index contributed by atoms with van der Waals surface area (Å²) < 4.78 is 5.54. The first-order valence-corrected chi connectivity index (χ1v) is 5.54. The molecule has 1 unspecified atom stereocenters. The van der Waals surface area contributed by atoms with E-state index >= 15 is 0 Å². The van der Waals surface area contributed by atoms with Gasteiger partial charge in [0.25, 0.3) is 5.69 Å². The van der Waals surface area contributed by atoms with Gasteiger partial charge < -0.3 is 4.74 Å². The second kappa shape index (κ2) is 3.83. The van der Waals surface area contributed by atoms with Gasteiger partial charge in [0, 0.05) is 12.1 Å². The average Bonchev–Trinajstić information content (AvgIpc) is 2.67. The summed E-state index contributed by atoms with van der Waals surface area (Å²) in [5.74, 6) is 0.826. The van der Waals surface area contributed by atoms with Gasteiger partial charge in [-0.3, -0.25) is 19.8 Å². The predicted octanol–water partition coefficient (Wildman–Crippen LogP) is 1.52. The highest BCUT2D eigenvalue weighted by Crippen LogP contribution is 2.31. The fourth-order valence-corrected chi connectivity index (χ4v) is 2.06. The fraction of sp³-hybridized carbons (Fsp3) is 0.250. The SMILES string of the molecule is O=C1CC2O/C(=C/c3ccc([N+](=O)[O-])cc3)CN12. The van der Waals surface area contributed by atoms with E-state index < -0.39 is 4.92 Å². The van der Waals surface area contributed by atoms with Gasteiger partial charge in [-0.1, -0.05) is 0 Å². The molecule has 2 fully saturated rings. The van der Waals surface area contributed by atoms with Crippen LogP contribution >= 0.6 is 0 Å². The molecule has 0 saturated carbocycles. The van der Waals surface area contributed by atoms with Gasteiger partial charge in [-0.15, -0.1) is 0 Å². The quantitative estimate of drug-likeness (QED) is 0.450. The van der Waals surface area contributed by atoms with Gasteiger partial charge in [-0.05, 0) is 23.8 Å². The van der Waals surface area contributed by atoms with Gasteiger partial charge in [-0.2, -0.15) is 0 Å². The molecule has 1 amide bonds. The summed E-state index contributed by atoms with van der Waals surface area (Å²) in [7, 11) is 0. The van der Waals surface area contributed by atoms with E-state index in [4.69, 9.17) is 4.74 Å². The van der Waals surface area contributed by atoms with Crippen LogP contribution in [0.15, 0.2) is 30.0 Å². The minimum absolute atomic E-state index is 0.0588. The predicted molar refractivity (Wildman–Crippen MR) is 62.3 cm³/mol. The van der Waals surface area contributed by atoms with Gasteiger partial charge >= 0.3 is 0 Å². The summed E-state index contributed by atoms with van der Waals surface area (Å²) in [6.07, 6.45) is 2.13. The van der Waals surface area contributed by atoms with Crippen molar-refractivity contribution in [3.05, 3.63) is 45.7 Å². The first-order chi connectivity index (χ1) is 8.63. The highest BCUT2D eigenvalue weighted by atomic mass is 16.6. The third-order valence-corrected chi connectivity index (χ3v) is 3.06. The number of rotatable bonds is 2. The molecule has 2 aliphatic heterocycles. The van der Waals surface area contributed by atoms with E-state index in [2.05, 4.69) is 0 Å². The Hall–Kier alpha value is -2.37. The number of ether oxygens (including phenoxy) is 1. The summed E-state index contributed by atoms with van der Waals surface area (Å²) >= 11 is 0. The summed E-state index contributed by atoms with van der Waals surface area (Å²) in [6, 6.07) is 6.21. The zero-order valence-corrected chi connectivity index (χ0v) is 9.41. The second-order valence-electron chi connectivity index (χ2n) is 4.26. The number of nitrogens with zero attached hydrogens (tertiary/aromatic N) is 2. The first kappa shape index (κ1) is 10.8. The lowest BCUT2D eigenvalue weighted by molar-refractivity contribution is -0.384. The molecular weight excluding hydrogens is 236 g/mol. The van der Waals surface area contributed by atoms with Crippen LogP contribution in [0.5, 0.6) is 0 Å². The zero-order chi connectivity index (χ0) is 12.7. The van der Waals surface area contributed by atoms with Crippen LogP contribution in [0.1, 0.15) is 12.0 Å². The lowest BCUT2D eigenvalue weighted by Gasteiger charge is -2.30. The van der Waals surface area contributed by atoms with Crippen molar-refractivity contribution < 1.29 is 14.5 Å². The number of carbonyl (C=O) groups is 1. The minimum atomic E-state index is -0.437. The van der Waals surface area contributed by atoms with Crippen LogP contribution in [0.3, 0.4) is 0 Å². The van der Waals surface area contributed by atoms with Crippen molar-refractivity contribution in [2.24, 2.45) is 0 Å². The number of amides is 1. The van der Waals surface area contributed by atoms with E-state index in [9.17, 15) is 14.9 Å². The molecule has 1 atom stereocenters. The molecule has 2 heterocycles. The number of fused-ring (bicyclic) bond motifs is 1. The molecule has 0 spiro atoms. The number of carbonyl (C=O) groups excluding carboxylic acids is 1. The third-order valence-electron chi connectivity index (χ3n) is 3.06. The van der Waals surface area contributed by atoms with Crippen LogP contribution in [-0.4, -0.2) is 28.5 Å². The van der Waals surface area contributed by atoms with Crippen molar-refractivity contribution in [2.45, 2.75) is 12.6 Å². The van der Waals surface area contributed by atoms with Crippen LogP contribution in [-0.2, 0) is 9.53 Å². The number of nitro groups is 1. The molecule has 18 heavy (non-hydrogen) atoms. The Morgan fingerprint density at radius 2 is 2.11 bits per heavy atom. The highest BCUT2D eigenvalue weighted by Gasteiger charge is 2.43. The van der Waals surface area contributed by atoms with E-state index in [-0.39, 0.29) is 17.8 Å². The normalized spacial score (nSPS) is 23.6. The number of hydrogen-bond donors (Lipinski definition) is 0. The van der Waals surface area contributed by atoms with Gasteiger partial charge in [0.1, 0.15) is 5.76 Å². The third kappa shape index (κ3) is 1.71. The Morgan fingerprint density at radius 1 is 1.39 bits per heavy atom. The fourth-order valence-electron chi connectivity index (χ4n) is 2.06. The number of non-ortho nitro benzene ring substituents is 1. The summed E-state index contributed by atoms with van der Waals surface area (Å²) in [5, 5.41) is 10.5. The van der Waals surface area contributed by atoms with Gasteiger partial charge in [0.2, 0.25) is 5.91 Å². The molecular formula is C12H10N2O4. The van der Waals surface area contributed by atoms with E-state index in [0.717, 1.165) is 11.3 Å². The first-order valence-electron chi connectivity index (χ1n) is 5.54. The van der Waals surface area contributed by atoms with Crippen LogP contribution < -0.4 is 0 Å². The lowest BCUT2D eigenvalue weighted by Crippen LogP contribution is -2.48. The van der Waals surface area contributed by atoms with Crippen molar-refractivity contribution in [1.29, 1.82) is 0 Å². The van der Waals surface area contributed by atoms with Gasteiger partial charge in [0.15, 0.2) is 6.23 Å². The number of β-lactam (4-membered cyclic amide) rings is 1. The van der Waals surface area contributed by atoms with Crippen LogP contribution in [0.25, 0.3) is 6.08 Å². The Labute approximate surface area is 103 Å². The average molecular weight is 246 g/mol. The van der Waals surface area contributed by atoms with E-state index in [0.29, 0.717) is 13.0 Å². The molecule has 2 saturated heterocycles. The van der Waals surface area contributed by atoms with Crippen molar-refractivity contribution in [3.63, 3.8) is 0 Å². The molecule has 6 nitrogen and oxygen atoms in total. The molecule has 2 aliphatic rings. The molecule has 0 radical (unpaired) electrons. The summed E-state index contributed by atoms with van der Waals surface area (Å²) in [4.78, 5) is 22.9. The maximum absolute atomic E-state index is 11.2. The molecule has 6 heteroatoms. The van der Waals surface area contributed by atoms with E-state index in [1.165, 1.54) is 12.1 Å². The molecule has 0 bridgehead atoms. The molecule has 3 rings (SSSR count). The Bertz CT molecular complexity index is 550. The van der Waals surface area contributed by atoms with Crippen molar-refractivity contribution in [3.8, 4) is 0 Å². The lowest BCUT2D eigenvalue weighted by atomic mass is 10.1. The molecule has 1 aromatic rings. The molecule has 0 N–H and O–H groups in total. The molecule has 0 aliphatic carbocycles. The van der Waals surface area contributed by atoms with E-state index in [1.807, 2.05) is 0 Å². The van der Waals surface area contributed by atoms with Crippen molar-refractivity contribution in [2.75, 3.05) is 6.54 Å². The molecule has 92 valence electrons. The minimum Gasteiger partial charge on any atom is -0.472 e. The Morgan fingerprint density at radius 3 is 2.67 bits per heavy atom. The Balaban J connectivity index is 1.76. The smallest absolute Gasteiger partial charge is 0.269 e. The molecule has 1 aromatic carbocycles. The van der Waals surface area contributed by atoms with Gasteiger partial charge in [-0.25, -0.2) is 0 Å². The van der Waals surface area contributed by atoms with Crippen LogP contribution in [0, 0.1) is 10.1 Å². The monoisotopic (exact) mass is 246 g/mol. The second-order valence-corrected chi connectivity index (χ2v) is 4.26. The number of benzene rings is 1. The van der Waals surface area contributed by atoms with Gasteiger partial charge in [0.05, 0.1) is 17.9 Å². The maximum Gasteiger partial charge on any atom is 0.269 e. The summed E-state index contributed by atoms with van der Waals surface area (Å²) in [6.45, 7) is 0.487. The van der Waals surface area contributed by atoms with Crippen molar-refractivity contribution >= 4 is 17.7 Å². The van der Waals surface area contributed by atoms with E-state index in [1.54, 1.807) is 23.1 Å². The van der Waals surface area contributed by atoms with Crippen LogP contribution in [0.4, 0.5) is 5.69 Å². The number of nitro benzene ring substituents is 1. The summed E-state index contributed by atoms with van der Waals surface area (Å²) in [5.41, 5.74) is 0.883. The maximum atomic E-state index is 11.2. The largest absolute Gasteiger partial charge is 0.472 e. The number of hydrogen-bond acceptors (Lipinski definition) is 4.